The van der Waals surface area contributed by atoms with Crippen LogP contribution in [0.2, 0.25) is 0 Å². The lowest BCUT2D eigenvalue weighted by Crippen LogP contribution is -2.33. The molecule has 4 rings (SSSR count). The second-order valence-corrected chi connectivity index (χ2v) is 6.53. The average molecular weight is 402 g/mol. The van der Waals surface area contributed by atoms with Gasteiger partial charge in [-0.2, -0.15) is 0 Å². The SMILES string of the molecule is COc1ccc(N2C(=O)/C(=C\c3ccccc3OC)N=C2c2ccccc2F)cc1. The van der Waals surface area contributed by atoms with E-state index in [0.717, 1.165) is 0 Å². The van der Waals surface area contributed by atoms with Gasteiger partial charge in [-0.1, -0.05) is 30.3 Å². The third-order valence-electron chi connectivity index (χ3n) is 4.74. The molecule has 1 aliphatic rings. The van der Waals surface area contributed by atoms with Crippen LogP contribution in [-0.2, 0) is 4.79 Å². The predicted molar refractivity (Wildman–Crippen MR) is 114 cm³/mol. The van der Waals surface area contributed by atoms with Crippen LogP contribution in [0.4, 0.5) is 10.1 Å². The Morgan fingerprint density at radius 2 is 1.60 bits per heavy atom. The van der Waals surface area contributed by atoms with Crippen molar-refractivity contribution in [2.24, 2.45) is 4.99 Å². The van der Waals surface area contributed by atoms with Crippen LogP contribution in [0.25, 0.3) is 6.08 Å². The van der Waals surface area contributed by atoms with Crippen molar-refractivity contribution in [3.8, 4) is 11.5 Å². The minimum Gasteiger partial charge on any atom is -0.497 e. The summed E-state index contributed by atoms with van der Waals surface area (Å²) in [4.78, 5) is 19.2. The van der Waals surface area contributed by atoms with Crippen molar-refractivity contribution < 1.29 is 18.7 Å². The Bertz CT molecular complexity index is 1150. The van der Waals surface area contributed by atoms with E-state index in [4.69, 9.17) is 9.47 Å². The van der Waals surface area contributed by atoms with Crippen LogP contribution in [0.15, 0.2) is 83.5 Å². The fourth-order valence-electron chi connectivity index (χ4n) is 3.24. The highest BCUT2D eigenvalue weighted by Gasteiger charge is 2.33. The molecular formula is C24H19FN2O3. The molecule has 0 saturated carbocycles. The molecule has 150 valence electrons. The number of hydrogen-bond acceptors (Lipinski definition) is 4. The van der Waals surface area contributed by atoms with Crippen molar-refractivity contribution in [3.63, 3.8) is 0 Å². The second-order valence-electron chi connectivity index (χ2n) is 6.53. The number of anilines is 1. The zero-order valence-electron chi connectivity index (χ0n) is 16.5. The first-order valence-corrected chi connectivity index (χ1v) is 9.29. The van der Waals surface area contributed by atoms with Crippen LogP contribution < -0.4 is 14.4 Å². The Kier molecular flexibility index (Phi) is 5.30. The maximum atomic E-state index is 14.6. The Balaban J connectivity index is 1.85. The van der Waals surface area contributed by atoms with E-state index in [1.807, 2.05) is 18.2 Å². The number of amidine groups is 1. The standard InChI is InChI=1S/C24H19FN2O3/c1-29-18-13-11-17(12-14-18)27-23(19-8-4-5-9-20(19)25)26-21(24(27)28)15-16-7-3-6-10-22(16)30-2/h3-15H,1-2H3/b21-15+. The molecule has 0 N–H and O–H groups in total. The molecule has 6 heteroatoms. The van der Waals surface area contributed by atoms with Crippen molar-refractivity contribution in [2.75, 3.05) is 19.1 Å². The van der Waals surface area contributed by atoms with Gasteiger partial charge in [0.25, 0.3) is 5.91 Å². The Morgan fingerprint density at radius 1 is 0.900 bits per heavy atom. The molecule has 1 amide bonds. The maximum absolute atomic E-state index is 14.6. The summed E-state index contributed by atoms with van der Waals surface area (Å²) in [5, 5.41) is 0. The van der Waals surface area contributed by atoms with Gasteiger partial charge in [0.2, 0.25) is 0 Å². The van der Waals surface area contributed by atoms with E-state index in [9.17, 15) is 9.18 Å². The molecule has 0 saturated heterocycles. The molecule has 0 aromatic heterocycles. The Morgan fingerprint density at radius 3 is 2.30 bits per heavy atom. The highest BCUT2D eigenvalue weighted by Crippen LogP contribution is 2.31. The quantitative estimate of drug-likeness (QED) is 0.583. The van der Waals surface area contributed by atoms with Gasteiger partial charge in [0.15, 0.2) is 5.84 Å². The molecule has 0 unspecified atom stereocenters. The molecule has 0 atom stereocenters. The number of carbonyl (C=O) groups is 1. The molecule has 0 spiro atoms. The van der Waals surface area contributed by atoms with Gasteiger partial charge < -0.3 is 9.47 Å². The number of para-hydroxylation sites is 1. The number of carbonyl (C=O) groups excluding carboxylic acids is 1. The zero-order valence-corrected chi connectivity index (χ0v) is 16.5. The molecule has 3 aromatic carbocycles. The van der Waals surface area contributed by atoms with Gasteiger partial charge in [-0.05, 0) is 48.5 Å². The van der Waals surface area contributed by atoms with Gasteiger partial charge >= 0.3 is 0 Å². The van der Waals surface area contributed by atoms with Gasteiger partial charge in [-0.15, -0.1) is 0 Å². The van der Waals surface area contributed by atoms with Crippen molar-refractivity contribution in [1.82, 2.24) is 0 Å². The average Bonchev–Trinajstić information content (AvgIpc) is 3.10. The molecule has 1 aliphatic heterocycles. The first-order valence-electron chi connectivity index (χ1n) is 9.29. The van der Waals surface area contributed by atoms with Crippen molar-refractivity contribution in [2.45, 2.75) is 0 Å². The molecular weight excluding hydrogens is 383 g/mol. The smallest absolute Gasteiger partial charge is 0.282 e. The van der Waals surface area contributed by atoms with Gasteiger partial charge in [0, 0.05) is 5.56 Å². The summed E-state index contributed by atoms with van der Waals surface area (Å²) < 4.78 is 25.1. The predicted octanol–water partition coefficient (Wildman–Crippen LogP) is 4.68. The Labute approximate surface area is 173 Å². The van der Waals surface area contributed by atoms with Gasteiger partial charge in [0.05, 0.1) is 25.5 Å². The van der Waals surface area contributed by atoms with Gasteiger partial charge in [-0.25, -0.2) is 9.38 Å². The maximum Gasteiger partial charge on any atom is 0.282 e. The summed E-state index contributed by atoms with van der Waals surface area (Å²) in [6.07, 6.45) is 1.64. The number of rotatable bonds is 5. The lowest BCUT2D eigenvalue weighted by Gasteiger charge is -2.19. The van der Waals surface area contributed by atoms with E-state index >= 15 is 0 Å². The molecule has 0 radical (unpaired) electrons. The second kappa shape index (κ2) is 8.21. The third kappa shape index (κ3) is 3.55. The minimum atomic E-state index is -0.457. The number of nitrogens with zero attached hydrogens (tertiary/aromatic N) is 2. The van der Waals surface area contributed by atoms with E-state index in [0.29, 0.717) is 22.7 Å². The van der Waals surface area contributed by atoms with Crippen LogP contribution in [-0.4, -0.2) is 26.0 Å². The summed E-state index contributed by atoms with van der Waals surface area (Å²) in [7, 11) is 3.13. The minimum absolute atomic E-state index is 0.188. The number of benzene rings is 3. The lowest BCUT2D eigenvalue weighted by atomic mass is 10.1. The van der Waals surface area contributed by atoms with Crippen LogP contribution in [0.5, 0.6) is 11.5 Å². The highest BCUT2D eigenvalue weighted by atomic mass is 19.1. The molecule has 0 fully saturated rings. The Hall–Kier alpha value is -3.93. The molecule has 0 bridgehead atoms. The number of aliphatic imine (C=N–C) groups is 1. The lowest BCUT2D eigenvalue weighted by molar-refractivity contribution is -0.113. The molecule has 1 heterocycles. The van der Waals surface area contributed by atoms with Crippen molar-refractivity contribution in [1.29, 1.82) is 0 Å². The molecule has 30 heavy (non-hydrogen) atoms. The number of ether oxygens (including phenoxy) is 2. The summed E-state index contributed by atoms with van der Waals surface area (Å²) in [5.41, 5.74) is 1.70. The van der Waals surface area contributed by atoms with Crippen LogP contribution in [0.1, 0.15) is 11.1 Å². The number of amides is 1. The molecule has 5 nitrogen and oxygen atoms in total. The first-order chi connectivity index (χ1) is 14.6. The van der Waals surface area contributed by atoms with E-state index in [1.165, 1.54) is 11.0 Å². The fourth-order valence-corrected chi connectivity index (χ4v) is 3.24. The van der Waals surface area contributed by atoms with Crippen LogP contribution in [0.3, 0.4) is 0 Å². The summed E-state index contributed by atoms with van der Waals surface area (Å²) in [5.74, 6) is 0.678. The van der Waals surface area contributed by atoms with Crippen LogP contribution >= 0.6 is 0 Å². The van der Waals surface area contributed by atoms with E-state index in [2.05, 4.69) is 4.99 Å². The monoisotopic (exact) mass is 402 g/mol. The van der Waals surface area contributed by atoms with Gasteiger partial charge in [0.1, 0.15) is 23.0 Å². The number of methoxy groups -OCH3 is 2. The summed E-state index contributed by atoms with van der Waals surface area (Å²) >= 11 is 0. The van der Waals surface area contributed by atoms with E-state index in [1.54, 1.807) is 68.8 Å². The normalized spacial score (nSPS) is 14.8. The molecule has 0 aliphatic carbocycles. The largest absolute Gasteiger partial charge is 0.497 e. The van der Waals surface area contributed by atoms with Crippen molar-refractivity contribution in [3.05, 3.63) is 95.4 Å². The summed E-state index contributed by atoms with van der Waals surface area (Å²) in [6, 6.07) is 20.5. The highest BCUT2D eigenvalue weighted by molar-refractivity contribution is 6.33. The molecule has 3 aromatic rings. The van der Waals surface area contributed by atoms with Crippen molar-refractivity contribution >= 4 is 23.5 Å². The first kappa shape index (κ1) is 19.4. The number of hydrogen-bond donors (Lipinski definition) is 0. The topological polar surface area (TPSA) is 51.1 Å². The number of halogens is 1. The van der Waals surface area contributed by atoms with Gasteiger partial charge in [-0.3, -0.25) is 9.69 Å². The summed E-state index contributed by atoms with van der Waals surface area (Å²) in [6.45, 7) is 0. The fraction of sp³-hybridized carbons (Fsp3) is 0.0833. The van der Waals surface area contributed by atoms with E-state index < -0.39 is 5.82 Å². The van der Waals surface area contributed by atoms with E-state index in [-0.39, 0.29) is 23.0 Å². The zero-order chi connectivity index (χ0) is 21.1. The third-order valence-corrected chi connectivity index (χ3v) is 4.74. The van der Waals surface area contributed by atoms with Crippen LogP contribution in [0, 0.1) is 5.82 Å².